The molecule has 1 aromatic heterocycles. The molecule has 0 unspecified atom stereocenters. The van der Waals surface area contributed by atoms with Crippen molar-refractivity contribution in [1.29, 1.82) is 0 Å². The van der Waals surface area contributed by atoms with Crippen molar-refractivity contribution < 1.29 is 4.79 Å². The fraction of sp³-hybridized carbons (Fsp3) is 0.476. The second-order valence-electron chi connectivity index (χ2n) is 6.98. The van der Waals surface area contributed by atoms with Gasteiger partial charge in [0.2, 0.25) is 5.91 Å². The summed E-state index contributed by atoms with van der Waals surface area (Å²) in [6, 6.07) is 9.99. The minimum atomic E-state index is -0.107. The summed E-state index contributed by atoms with van der Waals surface area (Å²) < 4.78 is 0. The van der Waals surface area contributed by atoms with Gasteiger partial charge in [-0.15, -0.1) is 0 Å². The Morgan fingerprint density at radius 3 is 2.77 bits per heavy atom. The van der Waals surface area contributed by atoms with Gasteiger partial charge in [0, 0.05) is 25.8 Å². The predicted octanol–water partition coefficient (Wildman–Crippen LogP) is 3.22. The summed E-state index contributed by atoms with van der Waals surface area (Å²) in [5.41, 5.74) is 2.50. The van der Waals surface area contributed by atoms with Crippen LogP contribution in [-0.4, -0.2) is 27.3 Å². The Morgan fingerprint density at radius 2 is 2.00 bits per heavy atom. The van der Waals surface area contributed by atoms with E-state index in [0.29, 0.717) is 43.7 Å². The van der Waals surface area contributed by atoms with Crippen molar-refractivity contribution >= 4 is 5.91 Å². The number of nitrogens with one attached hydrogen (secondary N) is 1. The van der Waals surface area contributed by atoms with Gasteiger partial charge in [0.25, 0.3) is 5.56 Å². The van der Waals surface area contributed by atoms with Crippen LogP contribution in [-0.2, 0) is 24.2 Å². The number of aromatic nitrogens is 2. The van der Waals surface area contributed by atoms with E-state index in [0.717, 1.165) is 30.5 Å². The van der Waals surface area contributed by atoms with Crippen LogP contribution in [0.4, 0.5) is 0 Å². The van der Waals surface area contributed by atoms with Gasteiger partial charge in [0.1, 0.15) is 5.82 Å². The Labute approximate surface area is 154 Å². The van der Waals surface area contributed by atoms with Gasteiger partial charge >= 0.3 is 0 Å². The number of benzene rings is 1. The maximum Gasteiger partial charge on any atom is 0.256 e. The van der Waals surface area contributed by atoms with E-state index in [9.17, 15) is 9.59 Å². The fourth-order valence-electron chi connectivity index (χ4n) is 3.42. The number of unbranched alkanes of at least 4 members (excludes halogenated alkanes) is 3. The minimum absolute atomic E-state index is 0.107. The summed E-state index contributed by atoms with van der Waals surface area (Å²) in [6.07, 6.45) is 6.21. The largest absolute Gasteiger partial charge is 0.338 e. The lowest BCUT2D eigenvalue weighted by atomic mass is 10.0. The standard InChI is InChI=1S/C21H27N3O2/c1-2-3-4-8-11-20(25)24-13-12-18-17(15-24)21(26)23-19(22-18)14-16-9-6-5-7-10-16/h5-7,9-10H,2-4,8,11-15H2,1H3,(H,22,23,26). The van der Waals surface area contributed by atoms with E-state index in [1.54, 1.807) is 0 Å². The van der Waals surface area contributed by atoms with Crippen molar-refractivity contribution in [2.24, 2.45) is 0 Å². The number of hydrogen-bond donors (Lipinski definition) is 1. The zero-order valence-corrected chi connectivity index (χ0v) is 15.5. The molecule has 0 fully saturated rings. The first-order valence-corrected chi connectivity index (χ1v) is 9.60. The van der Waals surface area contributed by atoms with Crippen LogP contribution in [0.5, 0.6) is 0 Å². The van der Waals surface area contributed by atoms with Crippen molar-refractivity contribution in [1.82, 2.24) is 14.9 Å². The molecular weight excluding hydrogens is 326 g/mol. The monoisotopic (exact) mass is 353 g/mol. The van der Waals surface area contributed by atoms with Crippen molar-refractivity contribution in [3.05, 3.63) is 63.3 Å². The van der Waals surface area contributed by atoms with Crippen LogP contribution in [0.15, 0.2) is 35.1 Å². The fourth-order valence-corrected chi connectivity index (χ4v) is 3.42. The summed E-state index contributed by atoms with van der Waals surface area (Å²) in [6.45, 7) is 3.20. The Morgan fingerprint density at radius 1 is 1.19 bits per heavy atom. The van der Waals surface area contributed by atoms with Crippen LogP contribution >= 0.6 is 0 Å². The molecule has 1 aliphatic rings. The van der Waals surface area contributed by atoms with Crippen molar-refractivity contribution in [3.8, 4) is 0 Å². The van der Waals surface area contributed by atoms with Crippen molar-refractivity contribution in [2.75, 3.05) is 6.54 Å². The van der Waals surface area contributed by atoms with E-state index in [4.69, 9.17) is 0 Å². The molecule has 0 atom stereocenters. The van der Waals surface area contributed by atoms with Crippen LogP contribution < -0.4 is 5.56 Å². The number of H-pyrrole nitrogens is 1. The molecule has 2 aromatic rings. The number of fused-ring (bicyclic) bond motifs is 1. The molecular formula is C21H27N3O2. The number of carbonyl (C=O) groups excluding carboxylic acids is 1. The number of amides is 1. The highest BCUT2D eigenvalue weighted by atomic mass is 16.2. The van der Waals surface area contributed by atoms with Crippen LogP contribution in [0.1, 0.15) is 61.7 Å². The summed E-state index contributed by atoms with van der Waals surface area (Å²) in [4.78, 5) is 34.3. The van der Waals surface area contributed by atoms with E-state index in [1.807, 2.05) is 35.2 Å². The number of aromatic amines is 1. The molecule has 0 spiro atoms. The van der Waals surface area contributed by atoms with Crippen LogP contribution in [0.3, 0.4) is 0 Å². The first-order chi connectivity index (χ1) is 12.7. The Hall–Kier alpha value is -2.43. The SMILES string of the molecule is CCCCCCC(=O)N1CCc2nc(Cc3ccccc3)[nH]c(=O)c2C1. The molecule has 0 aliphatic carbocycles. The summed E-state index contributed by atoms with van der Waals surface area (Å²) >= 11 is 0. The average molecular weight is 353 g/mol. The number of rotatable bonds is 7. The van der Waals surface area contributed by atoms with E-state index < -0.39 is 0 Å². The zero-order chi connectivity index (χ0) is 18.4. The molecule has 3 rings (SSSR count). The first kappa shape index (κ1) is 18.4. The molecule has 1 amide bonds. The molecule has 5 nitrogen and oxygen atoms in total. The maximum absolute atomic E-state index is 12.5. The highest BCUT2D eigenvalue weighted by molar-refractivity contribution is 5.76. The van der Waals surface area contributed by atoms with E-state index in [1.165, 1.54) is 6.42 Å². The molecule has 1 N–H and O–H groups in total. The second-order valence-corrected chi connectivity index (χ2v) is 6.98. The molecule has 2 heterocycles. The van der Waals surface area contributed by atoms with Gasteiger partial charge in [-0.05, 0) is 12.0 Å². The normalized spacial score (nSPS) is 13.5. The van der Waals surface area contributed by atoms with Crippen molar-refractivity contribution in [3.63, 3.8) is 0 Å². The predicted molar refractivity (Wildman–Crippen MR) is 102 cm³/mol. The summed E-state index contributed by atoms with van der Waals surface area (Å²) in [5, 5.41) is 0. The zero-order valence-electron chi connectivity index (χ0n) is 15.5. The van der Waals surface area contributed by atoms with Crippen LogP contribution in [0.2, 0.25) is 0 Å². The lowest BCUT2D eigenvalue weighted by molar-refractivity contribution is -0.132. The van der Waals surface area contributed by atoms with E-state index in [-0.39, 0.29) is 11.5 Å². The topological polar surface area (TPSA) is 66.1 Å². The molecule has 0 radical (unpaired) electrons. The Balaban J connectivity index is 1.66. The van der Waals surface area contributed by atoms with Gasteiger partial charge in [-0.25, -0.2) is 4.98 Å². The van der Waals surface area contributed by atoms with E-state index >= 15 is 0 Å². The highest BCUT2D eigenvalue weighted by Crippen LogP contribution is 2.16. The number of nitrogens with zero attached hydrogens (tertiary/aromatic N) is 2. The molecule has 0 saturated heterocycles. The number of hydrogen-bond acceptors (Lipinski definition) is 3. The smallest absolute Gasteiger partial charge is 0.256 e. The van der Waals surface area contributed by atoms with Crippen molar-refractivity contribution in [2.45, 2.75) is 58.4 Å². The lowest BCUT2D eigenvalue weighted by Crippen LogP contribution is -2.39. The quantitative estimate of drug-likeness (QED) is 0.777. The molecule has 26 heavy (non-hydrogen) atoms. The van der Waals surface area contributed by atoms with Gasteiger partial charge in [0.05, 0.1) is 17.8 Å². The third-order valence-corrected chi connectivity index (χ3v) is 4.93. The molecule has 1 aliphatic heterocycles. The third-order valence-electron chi connectivity index (χ3n) is 4.93. The third kappa shape index (κ3) is 4.59. The first-order valence-electron chi connectivity index (χ1n) is 9.60. The van der Waals surface area contributed by atoms with Gasteiger partial charge in [-0.2, -0.15) is 0 Å². The lowest BCUT2D eigenvalue weighted by Gasteiger charge is -2.28. The molecule has 0 bridgehead atoms. The van der Waals surface area contributed by atoms with Gasteiger partial charge in [0.15, 0.2) is 0 Å². The Bertz CT molecular complexity index is 799. The summed E-state index contributed by atoms with van der Waals surface area (Å²) in [5.74, 6) is 0.846. The molecule has 1 aromatic carbocycles. The van der Waals surface area contributed by atoms with Gasteiger partial charge in [-0.3, -0.25) is 9.59 Å². The second kappa shape index (κ2) is 8.79. The number of carbonyl (C=O) groups is 1. The van der Waals surface area contributed by atoms with E-state index in [2.05, 4.69) is 16.9 Å². The summed E-state index contributed by atoms with van der Waals surface area (Å²) in [7, 11) is 0. The van der Waals surface area contributed by atoms with Gasteiger partial charge in [-0.1, -0.05) is 56.5 Å². The maximum atomic E-state index is 12.5. The highest BCUT2D eigenvalue weighted by Gasteiger charge is 2.24. The molecule has 138 valence electrons. The molecule has 5 heteroatoms. The Kier molecular flexibility index (Phi) is 6.21. The van der Waals surface area contributed by atoms with Gasteiger partial charge < -0.3 is 9.88 Å². The average Bonchev–Trinajstić information content (AvgIpc) is 2.66. The minimum Gasteiger partial charge on any atom is -0.338 e. The molecule has 0 saturated carbocycles. The van der Waals surface area contributed by atoms with Crippen LogP contribution in [0, 0.1) is 0 Å². The van der Waals surface area contributed by atoms with Crippen LogP contribution in [0.25, 0.3) is 0 Å².